The summed E-state index contributed by atoms with van der Waals surface area (Å²) in [6, 6.07) is 9.61. The maximum Gasteiger partial charge on any atom is 0.129 e. The number of pyridine rings is 1. The Bertz CT molecular complexity index is 516. The summed E-state index contributed by atoms with van der Waals surface area (Å²) in [5, 5.41) is 0.515. The normalized spacial score (nSPS) is 10.5. The first-order valence-corrected chi connectivity index (χ1v) is 7.09. The third-order valence-electron chi connectivity index (χ3n) is 2.16. The van der Waals surface area contributed by atoms with Gasteiger partial charge in [0.05, 0.1) is 0 Å². The summed E-state index contributed by atoms with van der Waals surface area (Å²) in [4.78, 5) is 5.11. The predicted octanol–water partition coefficient (Wildman–Crippen LogP) is 4.37. The van der Waals surface area contributed by atoms with Gasteiger partial charge in [-0.15, -0.1) is 11.8 Å². The second kappa shape index (κ2) is 5.76. The minimum Gasteiger partial charge on any atom is -0.398 e. The lowest BCUT2D eigenvalue weighted by atomic mass is 10.3. The molecule has 17 heavy (non-hydrogen) atoms. The lowest BCUT2D eigenvalue weighted by molar-refractivity contribution is 1.25. The Balaban J connectivity index is 2.07. The van der Waals surface area contributed by atoms with Crippen LogP contribution in [0.5, 0.6) is 0 Å². The molecule has 0 saturated heterocycles. The molecule has 2 rings (SSSR count). The van der Waals surface area contributed by atoms with Crippen molar-refractivity contribution in [3.63, 3.8) is 0 Å². The van der Waals surface area contributed by atoms with E-state index in [1.54, 1.807) is 24.0 Å². The van der Waals surface area contributed by atoms with Gasteiger partial charge < -0.3 is 5.73 Å². The first-order chi connectivity index (χ1) is 8.15. The van der Waals surface area contributed by atoms with E-state index in [1.807, 2.05) is 24.3 Å². The van der Waals surface area contributed by atoms with E-state index >= 15 is 0 Å². The van der Waals surface area contributed by atoms with Gasteiger partial charge in [0.15, 0.2) is 0 Å². The molecular weight excluding hydrogens is 320 g/mol. The minimum absolute atomic E-state index is 0.515. The molecule has 2 aromatic rings. The number of nitrogens with two attached hydrogens (primary N) is 1. The highest BCUT2D eigenvalue weighted by molar-refractivity contribution is 9.10. The van der Waals surface area contributed by atoms with Crippen LogP contribution in [0.4, 0.5) is 5.69 Å². The maximum absolute atomic E-state index is 5.90. The van der Waals surface area contributed by atoms with Crippen LogP contribution in [-0.2, 0) is 5.75 Å². The van der Waals surface area contributed by atoms with Crippen molar-refractivity contribution in [2.45, 2.75) is 10.6 Å². The van der Waals surface area contributed by atoms with Crippen LogP contribution in [0.2, 0.25) is 5.15 Å². The number of aromatic nitrogens is 1. The Hall–Kier alpha value is -0.710. The van der Waals surface area contributed by atoms with Gasteiger partial charge in [0.25, 0.3) is 0 Å². The summed E-state index contributed by atoms with van der Waals surface area (Å²) in [6.07, 6.45) is 1.78. The number of hydrogen-bond donors (Lipinski definition) is 1. The smallest absolute Gasteiger partial charge is 0.129 e. The molecule has 0 unspecified atom stereocenters. The molecule has 2 N–H and O–H groups in total. The van der Waals surface area contributed by atoms with Crippen LogP contribution in [0.1, 0.15) is 5.56 Å². The van der Waals surface area contributed by atoms with Gasteiger partial charge >= 0.3 is 0 Å². The highest BCUT2D eigenvalue weighted by Gasteiger charge is 2.02. The van der Waals surface area contributed by atoms with Gasteiger partial charge in [-0.1, -0.05) is 33.6 Å². The molecule has 0 atom stereocenters. The van der Waals surface area contributed by atoms with Crippen LogP contribution < -0.4 is 5.73 Å². The number of nitrogens with zero attached hydrogens (tertiary/aromatic N) is 1. The van der Waals surface area contributed by atoms with Crippen LogP contribution in [-0.4, -0.2) is 4.98 Å². The number of nitrogen functional groups attached to an aromatic ring is 1. The molecule has 0 bridgehead atoms. The molecule has 0 aliphatic rings. The maximum atomic E-state index is 5.90. The summed E-state index contributed by atoms with van der Waals surface area (Å²) in [7, 11) is 0. The van der Waals surface area contributed by atoms with E-state index in [0.29, 0.717) is 5.15 Å². The van der Waals surface area contributed by atoms with E-state index < -0.39 is 0 Å². The first-order valence-electron chi connectivity index (χ1n) is 4.93. The monoisotopic (exact) mass is 328 g/mol. The Kier molecular flexibility index (Phi) is 4.31. The molecule has 2 nitrogen and oxygen atoms in total. The van der Waals surface area contributed by atoms with E-state index in [9.17, 15) is 0 Å². The Morgan fingerprint density at radius 1 is 1.29 bits per heavy atom. The lowest BCUT2D eigenvalue weighted by Crippen LogP contribution is -1.89. The first kappa shape index (κ1) is 12.7. The van der Waals surface area contributed by atoms with Crippen molar-refractivity contribution in [3.05, 3.63) is 51.7 Å². The van der Waals surface area contributed by atoms with Gasteiger partial charge in [0.1, 0.15) is 5.15 Å². The van der Waals surface area contributed by atoms with Gasteiger partial charge in [-0.05, 0) is 29.8 Å². The van der Waals surface area contributed by atoms with Crippen molar-refractivity contribution < 1.29 is 0 Å². The molecule has 1 aromatic carbocycles. The topological polar surface area (TPSA) is 38.9 Å². The van der Waals surface area contributed by atoms with Crippen molar-refractivity contribution in [1.82, 2.24) is 4.98 Å². The van der Waals surface area contributed by atoms with Crippen molar-refractivity contribution >= 4 is 45.0 Å². The average molecular weight is 330 g/mol. The molecular formula is C12H10BrClN2S. The quantitative estimate of drug-likeness (QED) is 0.516. The third kappa shape index (κ3) is 3.63. The van der Waals surface area contributed by atoms with Gasteiger partial charge in [0, 0.05) is 27.0 Å². The van der Waals surface area contributed by atoms with Crippen molar-refractivity contribution in [3.8, 4) is 0 Å². The Labute approximate surface area is 118 Å². The van der Waals surface area contributed by atoms with Gasteiger partial charge in [-0.2, -0.15) is 0 Å². The van der Waals surface area contributed by atoms with Crippen LogP contribution >= 0.6 is 39.3 Å². The van der Waals surface area contributed by atoms with E-state index in [1.165, 1.54) is 0 Å². The standard InChI is InChI=1S/C12H10BrClN2S/c13-9-2-3-10(15)11(5-9)17-7-8-1-4-12(14)16-6-8/h1-6H,7,15H2. The van der Waals surface area contributed by atoms with Gasteiger partial charge in [-0.25, -0.2) is 4.98 Å². The Morgan fingerprint density at radius 2 is 2.12 bits per heavy atom. The molecule has 0 fully saturated rings. The molecule has 0 saturated carbocycles. The largest absolute Gasteiger partial charge is 0.398 e. The van der Waals surface area contributed by atoms with Crippen LogP contribution in [0.3, 0.4) is 0 Å². The number of rotatable bonds is 3. The molecule has 1 heterocycles. The SMILES string of the molecule is Nc1ccc(Br)cc1SCc1ccc(Cl)nc1. The van der Waals surface area contributed by atoms with Gasteiger partial charge in [-0.3, -0.25) is 0 Å². The van der Waals surface area contributed by atoms with Crippen LogP contribution in [0, 0.1) is 0 Å². The molecule has 0 radical (unpaired) electrons. The molecule has 0 aliphatic heterocycles. The fourth-order valence-electron chi connectivity index (χ4n) is 1.29. The van der Waals surface area contributed by atoms with E-state index in [4.69, 9.17) is 17.3 Å². The second-order valence-electron chi connectivity index (χ2n) is 3.46. The average Bonchev–Trinajstić information content (AvgIpc) is 2.32. The minimum atomic E-state index is 0.515. The molecule has 88 valence electrons. The summed E-state index contributed by atoms with van der Waals surface area (Å²) >= 11 is 10.8. The second-order valence-corrected chi connectivity index (χ2v) is 5.78. The van der Waals surface area contributed by atoms with E-state index in [2.05, 4.69) is 20.9 Å². The number of halogens is 2. The summed E-state index contributed by atoms with van der Waals surface area (Å²) < 4.78 is 1.03. The van der Waals surface area contributed by atoms with Crippen LogP contribution in [0.15, 0.2) is 45.9 Å². The number of anilines is 1. The summed E-state index contributed by atoms with van der Waals surface area (Å²) in [6.45, 7) is 0. The molecule has 5 heteroatoms. The van der Waals surface area contributed by atoms with E-state index in [0.717, 1.165) is 26.4 Å². The fourth-order valence-corrected chi connectivity index (χ4v) is 2.85. The van der Waals surface area contributed by atoms with Crippen molar-refractivity contribution in [2.24, 2.45) is 0 Å². The van der Waals surface area contributed by atoms with Crippen molar-refractivity contribution in [2.75, 3.05) is 5.73 Å². The lowest BCUT2D eigenvalue weighted by Gasteiger charge is -2.06. The fraction of sp³-hybridized carbons (Fsp3) is 0.0833. The predicted molar refractivity (Wildman–Crippen MR) is 77.4 cm³/mol. The number of thioether (sulfide) groups is 1. The zero-order valence-corrected chi connectivity index (χ0v) is 12.0. The zero-order chi connectivity index (χ0) is 12.3. The molecule has 1 aromatic heterocycles. The number of hydrogen-bond acceptors (Lipinski definition) is 3. The molecule has 0 amide bonds. The third-order valence-corrected chi connectivity index (χ3v) is 4.02. The van der Waals surface area contributed by atoms with Gasteiger partial charge in [0.2, 0.25) is 0 Å². The van der Waals surface area contributed by atoms with Crippen LogP contribution in [0.25, 0.3) is 0 Å². The highest BCUT2D eigenvalue weighted by atomic mass is 79.9. The van der Waals surface area contributed by atoms with Crippen molar-refractivity contribution in [1.29, 1.82) is 0 Å². The Morgan fingerprint density at radius 3 is 2.82 bits per heavy atom. The molecule has 0 spiro atoms. The van der Waals surface area contributed by atoms with E-state index in [-0.39, 0.29) is 0 Å². The summed E-state index contributed by atoms with van der Waals surface area (Å²) in [5.74, 6) is 0.824. The summed E-state index contributed by atoms with van der Waals surface area (Å²) in [5.41, 5.74) is 7.81. The number of benzene rings is 1. The highest BCUT2D eigenvalue weighted by Crippen LogP contribution is 2.30. The molecule has 0 aliphatic carbocycles. The zero-order valence-electron chi connectivity index (χ0n) is 8.86.